The first-order valence-corrected chi connectivity index (χ1v) is 6.46. The maximum absolute atomic E-state index is 11.7. The molecule has 2 rings (SSSR count). The molecule has 0 aliphatic carbocycles. The van der Waals surface area contributed by atoms with Gasteiger partial charge >= 0.3 is 6.03 Å². The Balaban J connectivity index is 1.91. The molecule has 1 aliphatic heterocycles. The van der Waals surface area contributed by atoms with Gasteiger partial charge in [0.2, 0.25) is 0 Å². The van der Waals surface area contributed by atoms with Crippen molar-refractivity contribution in [2.24, 2.45) is 0 Å². The molecule has 1 atom stereocenters. The van der Waals surface area contributed by atoms with Crippen molar-refractivity contribution in [2.75, 3.05) is 5.32 Å². The van der Waals surface area contributed by atoms with Gasteiger partial charge in [0.15, 0.2) is 0 Å². The second-order valence-corrected chi connectivity index (χ2v) is 4.76. The molecule has 0 radical (unpaired) electrons. The molecule has 2 amide bonds. The SMILES string of the molecule is CCC[C@@H](C)NC(=O)Nc1ccc2c(c1)COC2. The molecular formula is C14H20N2O2. The Labute approximate surface area is 108 Å². The monoisotopic (exact) mass is 248 g/mol. The van der Waals surface area contributed by atoms with E-state index in [1.807, 2.05) is 25.1 Å². The molecule has 0 aromatic heterocycles. The Morgan fingerprint density at radius 2 is 2.17 bits per heavy atom. The summed E-state index contributed by atoms with van der Waals surface area (Å²) in [6.07, 6.45) is 2.06. The molecular weight excluding hydrogens is 228 g/mol. The number of urea groups is 1. The van der Waals surface area contributed by atoms with Gasteiger partial charge in [0.25, 0.3) is 0 Å². The summed E-state index contributed by atoms with van der Waals surface area (Å²) in [5.41, 5.74) is 3.19. The third kappa shape index (κ3) is 3.23. The van der Waals surface area contributed by atoms with E-state index in [-0.39, 0.29) is 12.1 Å². The minimum Gasteiger partial charge on any atom is -0.372 e. The van der Waals surface area contributed by atoms with Gasteiger partial charge in [-0.25, -0.2) is 4.79 Å². The smallest absolute Gasteiger partial charge is 0.319 e. The van der Waals surface area contributed by atoms with Crippen molar-refractivity contribution in [3.63, 3.8) is 0 Å². The van der Waals surface area contributed by atoms with E-state index in [0.717, 1.165) is 24.1 Å². The highest BCUT2D eigenvalue weighted by Gasteiger charge is 2.12. The zero-order chi connectivity index (χ0) is 13.0. The second-order valence-electron chi connectivity index (χ2n) is 4.76. The standard InChI is InChI=1S/C14H20N2O2/c1-3-4-10(2)15-14(17)16-13-6-5-11-8-18-9-12(11)7-13/h5-7,10H,3-4,8-9H2,1-2H3,(H2,15,16,17)/t10-/m1/s1. The van der Waals surface area contributed by atoms with E-state index in [1.165, 1.54) is 5.56 Å². The van der Waals surface area contributed by atoms with E-state index < -0.39 is 0 Å². The number of benzene rings is 1. The lowest BCUT2D eigenvalue weighted by Crippen LogP contribution is -2.35. The van der Waals surface area contributed by atoms with Crippen molar-refractivity contribution in [3.8, 4) is 0 Å². The van der Waals surface area contributed by atoms with E-state index in [9.17, 15) is 4.79 Å². The van der Waals surface area contributed by atoms with Crippen LogP contribution < -0.4 is 10.6 Å². The van der Waals surface area contributed by atoms with E-state index in [4.69, 9.17) is 4.74 Å². The molecule has 1 heterocycles. The summed E-state index contributed by atoms with van der Waals surface area (Å²) in [7, 11) is 0. The van der Waals surface area contributed by atoms with Gasteiger partial charge < -0.3 is 15.4 Å². The van der Waals surface area contributed by atoms with E-state index in [0.29, 0.717) is 13.2 Å². The Morgan fingerprint density at radius 3 is 2.94 bits per heavy atom. The lowest BCUT2D eigenvalue weighted by Gasteiger charge is -2.14. The van der Waals surface area contributed by atoms with Crippen LogP contribution in [-0.4, -0.2) is 12.1 Å². The number of ether oxygens (including phenoxy) is 1. The molecule has 1 aromatic rings. The summed E-state index contributed by atoms with van der Waals surface area (Å²) in [4.78, 5) is 11.7. The van der Waals surface area contributed by atoms with Crippen molar-refractivity contribution >= 4 is 11.7 Å². The summed E-state index contributed by atoms with van der Waals surface area (Å²) >= 11 is 0. The minimum absolute atomic E-state index is 0.144. The van der Waals surface area contributed by atoms with Crippen molar-refractivity contribution in [1.29, 1.82) is 0 Å². The minimum atomic E-state index is -0.144. The normalized spacial score (nSPS) is 15.0. The number of hydrogen-bond donors (Lipinski definition) is 2. The van der Waals surface area contributed by atoms with E-state index in [2.05, 4.69) is 17.6 Å². The maximum atomic E-state index is 11.7. The van der Waals surface area contributed by atoms with Crippen molar-refractivity contribution < 1.29 is 9.53 Å². The van der Waals surface area contributed by atoms with Gasteiger partial charge in [0.05, 0.1) is 13.2 Å². The predicted molar refractivity (Wildman–Crippen MR) is 71.5 cm³/mol. The number of rotatable bonds is 4. The molecule has 0 saturated carbocycles. The number of fused-ring (bicyclic) bond motifs is 1. The van der Waals surface area contributed by atoms with Gasteiger partial charge in [-0.2, -0.15) is 0 Å². The molecule has 1 aliphatic rings. The quantitative estimate of drug-likeness (QED) is 0.860. The maximum Gasteiger partial charge on any atom is 0.319 e. The summed E-state index contributed by atoms with van der Waals surface area (Å²) in [6.45, 7) is 5.43. The van der Waals surface area contributed by atoms with E-state index >= 15 is 0 Å². The topological polar surface area (TPSA) is 50.4 Å². The van der Waals surface area contributed by atoms with Gasteiger partial charge in [0.1, 0.15) is 0 Å². The fourth-order valence-electron chi connectivity index (χ4n) is 2.15. The Morgan fingerprint density at radius 1 is 1.39 bits per heavy atom. The highest BCUT2D eigenvalue weighted by atomic mass is 16.5. The van der Waals surface area contributed by atoms with Gasteiger partial charge in [0, 0.05) is 11.7 Å². The molecule has 18 heavy (non-hydrogen) atoms. The highest BCUT2D eigenvalue weighted by molar-refractivity contribution is 5.89. The number of amides is 2. The largest absolute Gasteiger partial charge is 0.372 e. The number of anilines is 1. The van der Waals surface area contributed by atoms with Crippen LogP contribution in [-0.2, 0) is 18.0 Å². The van der Waals surface area contributed by atoms with Crippen molar-refractivity contribution in [2.45, 2.75) is 45.9 Å². The highest BCUT2D eigenvalue weighted by Crippen LogP contribution is 2.23. The van der Waals surface area contributed by atoms with Gasteiger partial charge in [-0.05, 0) is 36.6 Å². The van der Waals surface area contributed by atoms with Crippen LogP contribution in [0.4, 0.5) is 10.5 Å². The molecule has 0 saturated heterocycles. The number of carbonyl (C=O) groups is 1. The van der Waals surface area contributed by atoms with Crippen LogP contribution in [0.15, 0.2) is 18.2 Å². The zero-order valence-corrected chi connectivity index (χ0v) is 11.0. The third-order valence-corrected chi connectivity index (χ3v) is 3.08. The molecule has 98 valence electrons. The molecule has 4 nitrogen and oxygen atoms in total. The van der Waals surface area contributed by atoms with Crippen LogP contribution in [0.25, 0.3) is 0 Å². The number of hydrogen-bond acceptors (Lipinski definition) is 2. The first-order chi connectivity index (χ1) is 8.69. The fraction of sp³-hybridized carbons (Fsp3) is 0.500. The van der Waals surface area contributed by atoms with Gasteiger partial charge in [-0.15, -0.1) is 0 Å². The van der Waals surface area contributed by atoms with Crippen LogP contribution in [0.2, 0.25) is 0 Å². The Bertz CT molecular complexity index is 432. The van der Waals surface area contributed by atoms with Crippen LogP contribution >= 0.6 is 0 Å². The summed E-state index contributed by atoms with van der Waals surface area (Å²) in [5, 5.41) is 5.77. The molecule has 0 spiro atoms. The first kappa shape index (κ1) is 12.9. The van der Waals surface area contributed by atoms with Crippen LogP contribution in [0.3, 0.4) is 0 Å². The third-order valence-electron chi connectivity index (χ3n) is 3.08. The summed E-state index contributed by atoms with van der Waals surface area (Å²) in [6, 6.07) is 5.96. The van der Waals surface area contributed by atoms with Crippen molar-refractivity contribution in [3.05, 3.63) is 29.3 Å². The first-order valence-electron chi connectivity index (χ1n) is 6.46. The lowest BCUT2D eigenvalue weighted by atomic mass is 10.1. The van der Waals surface area contributed by atoms with Crippen molar-refractivity contribution in [1.82, 2.24) is 5.32 Å². The van der Waals surface area contributed by atoms with Crippen LogP contribution in [0, 0.1) is 0 Å². The molecule has 0 fully saturated rings. The predicted octanol–water partition coefficient (Wildman–Crippen LogP) is 3.03. The number of nitrogens with one attached hydrogen (secondary N) is 2. The molecule has 0 unspecified atom stereocenters. The van der Waals surface area contributed by atoms with Gasteiger partial charge in [-0.3, -0.25) is 0 Å². The fourth-order valence-corrected chi connectivity index (χ4v) is 2.15. The van der Waals surface area contributed by atoms with E-state index in [1.54, 1.807) is 0 Å². The molecule has 1 aromatic carbocycles. The molecule has 2 N–H and O–H groups in total. The summed E-state index contributed by atoms with van der Waals surface area (Å²) < 4.78 is 5.34. The van der Waals surface area contributed by atoms with Crippen LogP contribution in [0.5, 0.6) is 0 Å². The zero-order valence-electron chi connectivity index (χ0n) is 11.0. The molecule has 0 bridgehead atoms. The number of carbonyl (C=O) groups excluding carboxylic acids is 1. The lowest BCUT2D eigenvalue weighted by molar-refractivity contribution is 0.134. The van der Waals surface area contributed by atoms with Crippen LogP contribution in [0.1, 0.15) is 37.8 Å². The Hall–Kier alpha value is -1.55. The molecule has 4 heteroatoms. The average molecular weight is 248 g/mol. The van der Waals surface area contributed by atoms with Gasteiger partial charge in [-0.1, -0.05) is 19.4 Å². The Kier molecular flexibility index (Phi) is 4.20. The second kappa shape index (κ2) is 5.87. The summed E-state index contributed by atoms with van der Waals surface area (Å²) in [5.74, 6) is 0. The average Bonchev–Trinajstić information content (AvgIpc) is 2.76.